The van der Waals surface area contributed by atoms with Crippen molar-refractivity contribution in [3.63, 3.8) is 0 Å². The van der Waals surface area contributed by atoms with Crippen LogP contribution < -0.4 is 4.72 Å². The van der Waals surface area contributed by atoms with Crippen molar-refractivity contribution < 1.29 is 23.1 Å². The van der Waals surface area contributed by atoms with Crippen LogP contribution >= 0.6 is 27.3 Å². The summed E-state index contributed by atoms with van der Waals surface area (Å²) < 4.78 is 28.6. The number of nitro benzene ring substituents is 2. The fourth-order valence-corrected chi connectivity index (χ4v) is 6.01. The number of non-ortho nitro benzene ring substituents is 2. The van der Waals surface area contributed by atoms with E-state index < -0.39 is 34.9 Å². The number of fused-ring (bicyclic) bond motifs is 1. The van der Waals surface area contributed by atoms with Crippen LogP contribution in [0.25, 0.3) is 16.2 Å². The highest BCUT2D eigenvalue weighted by Gasteiger charge is 2.29. The third-order valence-electron chi connectivity index (χ3n) is 4.48. The number of carbonyl (C=O) groups excluding carboxylic acids is 1. The summed E-state index contributed by atoms with van der Waals surface area (Å²) in [5.41, 5.74) is 0.200. The van der Waals surface area contributed by atoms with Crippen molar-refractivity contribution in [2.75, 3.05) is 0 Å². The molecule has 4 rings (SSSR count). The van der Waals surface area contributed by atoms with Gasteiger partial charge in [-0.25, -0.2) is 17.9 Å². The third-order valence-corrected chi connectivity index (χ3v) is 8.14. The summed E-state index contributed by atoms with van der Waals surface area (Å²) in [5.74, 6) is -0.745. The molecule has 4 aromatic rings. The van der Waals surface area contributed by atoms with Crippen molar-refractivity contribution >= 4 is 59.4 Å². The number of hydrogen-bond acceptors (Lipinski definition) is 10. The number of rotatable bonds is 8. The Morgan fingerprint density at radius 3 is 2.41 bits per heavy atom. The minimum atomic E-state index is -4.30. The van der Waals surface area contributed by atoms with Gasteiger partial charge in [0.15, 0.2) is 5.78 Å². The lowest BCUT2D eigenvalue weighted by atomic mass is 10.1. The molecule has 0 fully saturated rings. The molecule has 34 heavy (non-hydrogen) atoms. The Kier molecular flexibility index (Phi) is 6.22. The Morgan fingerprint density at radius 1 is 1.09 bits per heavy atom. The minimum Gasteiger partial charge on any atom is -0.291 e. The zero-order chi connectivity index (χ0) is 24.6. The van der Waals surface area contributed by atoms with Crippen LogP contribution in [0.4, 0.5) is 11.4 Å². The van der Waals surface area contributed by atoms with Crippen LogP contribution in [0.1, 0.15) is 10.4 Å². The van der Waals surface area contributed by atoms with Crippen LogP contribution in [0.3, 0.4) is 0 Å². The maximum absolute atomic E-state index is 12.8. The predicted octanol–water partition coefficient (Wildman–Crippen LogP) is 3.16. The molecule has 0 radical (unpaired) electrons. The number of benzene rings is 2. The van der Waals surface area contributed by atoms with Gasteiger partial charge in [-0.1, -0.05) is 51.5 Å². The lowest BCUT2D eigenvalue weighted by Crippen LogP contribution is -2.36. The molecule has 0 aliphatic rings. The maximum Gasteiger partial charge on any atom is 0.271 e. The number of nitrogens with one attached hydrogen (secondary N) is 1. The molecule has 1 atom stereocenters. The number of aromatic nitrogens is 3. The second-order valence-corrected chi connectivity index (χ2v) is 10.4. The highest BCUT2D eigenvalue weighted by molar-refractivity contribution is 9.10. The number of Topliss-reactive ketones (excluding diaryl/α,β-unsaturated/α-hetero) is 1. The van der Waals surface area contributed by atoms with Crippen molar-refractivity contribution in [1.82, 2.24) is 19.3 Å². The van der Waals surface area contributed by atoms with E-state index in [1.54, 1.807) is 6.07 Å². The second kappa shape index (κ2) is 8.98. The van der Waals surface area contributed by atoms with Crippen molar-refractivity contribution in [1.29, 1.82) is 0 Å². The topological polar surface area (TPSA) is 180 Å². The first-order chi connectivity index (χ1) is 16.1. The molecule has 0 saturated heterocycles. The zero-order valence-corrected chi connectivity index (χ0v) is 19.8. The van der Waals surface area contributed by atoms with E-state index in [1.165, 1.54) is 47.1 Å². The number of halogens is 1. The van der Waals surface area contributed by atoms with Crippen molar-refractivity contribution in [3.05, 3.63) is 80.5 Å². The molecule has 1 N–H and O–H groups in total. The number of nitrogens with zero attached hydrogens (tertiary/aromatic N) is 5. The lowest BCUT2D eigenvalue weighted by molar-refractivity contribution is -0.385. The molecule has 0 saturated carbocycles. The fourth-order valence-electron chi connectivity index (χ4n) is 2.92. The Hall–Kier alpha value is -3.60. The molecule has 2 aromatic carbocycles. The first-order valence-corrected chi connectivity index (χ1v) is 12.3. The maximum atomic E-state index is 12.8. The van der Waals surface area contributed by atoms with Crippen LogP contribution in [0.5, 0.6) is 0 Å². The van der Waals surface area contributed by atoms with E-state index in [0.29, 0.717) is 11.3 Å². The number of alkyl halides is 1. The fraction of sp³-hybridized carbons (Fsp3) is 0.0556. The lowest BCUT2D eigenvalue weighted by Gasteiger charge is -2.10. The summed E-state index contributed by atoms with van der Waals surface area (Å²) in [5, 5.41) is 26.0. The number of sulfonamides is 1. The van der Waals surface area contributed by atoms with Gasteiger partial charge in [0.1, 0.15) is 4.95 Å². The number of carbonyl (C=O) groups is 1. The van der Waals surface area contributed by atoms with Gasteiger partial charge in [0.25, 0.3) is 21.4 Å². The largest absolute Gasteiger partial charge is 0.291 e. The molecule has 0 aliphatic heterocycles. The highest BCUT2D eigenvalue weighted by atomic mass is 79.9. The number of imidazole rings is 1. The third kappa shape index (κ3) is 4.56. The predicted molar refractivity (Wildman–Crippen MR) is 123 cm³/mol. The summed E-state index contributed by atoms with van der Waals surface area (Å²) >= 11 is 3.68. The zero-order valence-electron chi connectivity index (χ0n) is 16.6. The Balaban J connectivity index is 1.61. The summed E-state index contributed by atoms with van der Waals surface area (Å²) in [6.45, 7) is 0. The van der Waals surface area contributed by atoms with Crippen LogP contribution in [0.15, 0.2) is 59.1 Å². The van der Waals surface area contributed by atoms with Crippen molar-refractivity contribution in [2.24, 2.45) is 0 Å². The SMILES string of the molecule is O=C(c1cccc([N+](=O)[O-])c1)C(Br)NS(=O)(=O)c1nn2c(-c3cccc([N+](=O)[O-])c3)cnc2s1. The highest BCUT2D eigenvalue weighted by Crippen LogP contribution is 2.28. The molecule has 2 aromatic heterocycles. The van der Waals surface area contributed by atoms with Crippen molar-refractivity contribution in [3.8, 4) is 11.3 Å². The van der Waals surface area contributed by atoms with Crippen LogP contribution in [0.2, 0.25) is 0 Å². The summed E-state index contributed by atoms with van der Waals surface area (Å²) in [6, 6.07) is 10.6. The van der Waals surface area contributed by atoms with E-state index in [2.05, 4.69) is 30.7 Å². The Morgan fingerprint density at radius 2 is 1.74 bits per heavy atom. The summed E-state index contributed by atoms with van der Waals surface area (Å²) in [6.07, 6.45) is 1.40. The number of ketones is 1. The molecule has 16 heteroatoms. The molecule has 0 amide bonds. The van der Waals surface area contributed by atoms with Gasteiger partial charge in [0, 0.05) is 35.4 Å². The number of hydrogen-bond donors (Lipinski definition) is 1. The van der Waals surface area contributed by atoms with Crippen LogP contribution in [-0.4, -0.2) is 43.6 Å². The van der Waals surface area contributed by atoms with E-state index in [9.17, 15) is 33.4 Å². The smallest absolute Gasteiger partial charge is 0.271 e. The van der Waals surface area contributed by atoms with Gasteiger partial charge in [-0.15, -0.1) is 5.10 Å². The first-order valence-electron chi connectivity index (χ1n) is 9.11. The van der Waals surface area contributed by atoms with E-state index in [1.807, 2.05) is 0 Å². The standard InChI is InChI=1S/C18H11BrN6O7S2/c19-16(15(26)11-4-2-6-13(8-11)25(29)30)22-34(31,32)18-21-23-14(9-20-17(23)33-18)10-3-1-5-12(7-10)24(27)28/h1-9,16,22H. The van der Waals surface area contributed by atoms with Crippen molar-refractivity contribution in [2.45, 2.75) is 9.29 Å². The van der Waals surface area contributed by atoms with E-state index in [-0.39, 0.29) is 21.9 Å². The average Bonchev–Trinajstić information content (AvgIpc) is 3.40. The second-order valence-electron chi connectivity index (χ2n) is 6.67. The normalized spacial score (nSPS) is 12.5. The summed E-state index contributed by atoms with van der Waals surface area (Å²) in [4.78, 5) is 36.2. The Labute approximate surface area is 202 Å². The van der Waals surface area contributed by atoms with Gasteiger partial charge in [-0.3, -0.25) is 25.0 Å². The van der Waals surface area contributed by atoms with Gasteiger partial charge in [0.05, 0.1) is 21.7 Å². The molecule has 0 bridgehead atoms. The molecule has 0 aliphatic carbocycles. The van der Waals surface area contributed by atoms with Gasteiger partial charge in [0.2, 0.25) is 9.30 Å². The van der Waals surface area contributed by atoms with E-state index in [0.717, 1.165) is 17.4 Å². The quantitative estimate of drug-likeness (QED) is 0.110. The number of nitro groups is 2. The van der Waals surface area contributed by atoms with Gasteiger partial charge >= 0.3 is 0 Å². The molecule has 0 spiro atoms. The van der Waals surface area contributed by atoms with Crippen LogP contribution in [-0.2, 0) is 10.0 Å². The Bertz CT molecular complexity index is 1570. The molecular weight excluding hydrogens is 556 g/mol. The summed E-state index contributed by atoms with van der Waals surface area (Å²) in [7, 11) is -4.30. The van der Waals surface area contributed by atoms with Gasteiger partial charge in [-0.2, -0.15) is 4.72 Å². The molecule has 13 nitrogen and oxygen atoms in total. The molecule has 174 valence electrons. The monoisotopic (exact) mass is 566 g/mol. The van der Waals surface area contributed by atoms with E-state index in [4.69, 9.17) is 0 Å². The minimum absolute atomic E-state index is 0.0688. The van der Waals surface area contributed by atoms with Crippen LogP contribution in [0, 0.1) is 20.2 Å². The first kappa shape index (κ1) is 23.6. The average molecular weight is 567 g/mol. The van der Waals surface area contributed by atoms with Gasteiger partial charge < -0.3 is 0 Å². The molecular formula is C18H11BrN6O7S2. The van der Waals surface area contributed by atoms with E-state index >= 15 is 0 Å². The molecule has 1 unspecified atom stereocenters. The van der Waals surface area contributed by atoms with Gasteiger partial charge in [-0.05, 0) is 0 Å². The molecule has 2 heterocycles.